The number of carbonyl (C=O) groups is 1. The van der Waals surface area contributed by atoms with Crippen LogP contribution in [0.3, 0.4) is 0 Å². The van der Waals surface area contributed by atoms with E-state index in [1.807, 2.05) is 20.8 Å². The first-order valence-corrected chi connectivity index (χ1v) is 8.31. The lowest BCUT2D eigenvalue weighted by Crippen LogP contribution is -2.14. The SMILES string of the molecule is CCOC(=O)C1C2Oc3c(C)ccc([C@@H](C)OC[C@H]4CO4)c3C21. The van der Waals surface area contributed by atoms with E-state index in [4.69, 9.17) is 18.9 Å². The quantitative estimate of drug-likeness (QED) is 0.596. The molecule has 124 valence electrons. The van der Waals surface area contributed by atoms with E-state index >= 15 is 0 Å². The smallest absolute Gasteiger partial charge is 0.313 e. The molecule has 0 spiro atoms. The molecular formula is C18H22O5. The van der Waals surface area contributed by atoms with Gasteiger partial charge >= 0.3 is 5.97 Å². The number of benzene rings is 1. The van der Waals surface area contributed by atoms with Crippen molar-refractivity contribution in [3.8, 4) is 5.75 Å². The summed E-state index contributed by atoms with van der Waals surface area (Å²) in [5.74, 6) is 0.723. The fourth-order valence-electron chi connectivity index (χ4n) is 3.51. The first kappa shape index (κ1) is 15.0. The standard InChI is InChI=1S/C18H22O5/c1-4-20-18(19)15-14-13-12(10(3)21-7-11-8-22-11)6-5-9(2)16(13)23-17(14)15/h5-6,10-11,14-15,17H,4,7-8H2,1-3H3/t10-,11+,14?,15?,17?/m1/s1. The van der Waals surface area contributed by atoms with Crippen LogP contribution in [0, 0.1) is 12.8 Å². The molecule has 0 amide bonds. The number of epoxide rings is 1. The van der Waals surface area contributed by atoms with E-state index in [1.54, 1.807) is 0 Å². The average molecular weight is 318 g/mol. The zero-order chi connectivity index (χ0) is 16.1. The van der Waals surface area contributed by atoms with E-state index in [0.29, 0.717) is 13.2 Å². The number of ether oxygens (including phenoxy) is 4. The third kappa shape index (κ3) is 2.52. The first-order chi connectivity index (χ1) is 11.1. The lowest BCUT2D eigenvalue weighted by molar-refractivity contribution is -0.145. The molecule has 0 aromatic heterocycles. The third-order valence-electron chi connectivity index (χ3n) is 4.90. The van der Waals surface area contributed by atoms with Crippen molar-refractivity contribution in [3.63, 3.8) is 0 Å². The molecule has 23 heavy (non-hydrogen) atoms. The molecule has 5 nitrogen and oxygen atoms in total. The molecule has 1 saturated carbocycles. The Morgan fingerprint density at radius 3 is 2.91 bits per heavy atom. The molecule has 2 heterocycles. The zero-order valence-electron chi connectivity index (χ0n) is 13.7. The second-order valence-corrected chi connectivity index (χ2v) is 6.53. The minimum atomic E-state index is -0.165. The van der Waals surface area contributed by atoms with Crippen molar-refractivity contribution in [1.82, 2.24) is 0 Å². The van der Waals surface area contributed by atoms with E-state index in [-0.39, 0.29) is 36.1 Å². The number of hydrogen-bond acceptors (Lipinski definition) is 5. The molecule has 1 aromatic rings. The number of fused-ring (bicyclic) bond motifs is 3. The van der Waals surface area contributed by atoms with Crippen molar-refractivity contribution in [2.45, 2.75) is 45.0 Å². The Kier molecular flexibility index (Phi) is 3.58. The van der Waals surface area contributed by atoms with Gasteiger partial charge in [0.15, 0.2) is 0 Å². The number of carbonyl (C=O) groups excluding carboxylic acids is 1. The van der Waals surface area contributed by atoms with Gasteiger partial charge in [0.2, 0.25) is 0 Å². The summed E-state index contributed by atoms with van der Waals surface area (Å²) >= 11 is 0. The lowest BCUT2D eigenvalue weighted by atomic mass is 9.95. The van der Waals surface area contributed by atoms with Gasteiger partial charge in [0, 0.05) is 11.5 Å². The number of aryl methyl sites for hydroxylation is 1. The van der Waals surface area contributed by atoms with Gasteiger partial charge in [-0.1, -0.05) is 12.1 Å². The Hall–Kier alpha value is -1.59. The minimum absolute atomic E-state index is 0.0423. The predicted octanol–water partition coefficient (Wildman–Crippen LogP) is 2.51. The molecule has 3 aliphatic rings. The maximum Gasteiger partial charge on any atom is 0.313 e. The van der Waals surface area contributed by atoms with Gasteiger partial charge < -0.3 is 18.9 Å². The summed E-state index contributed by atoms with van der Waals surface area (Å²) in [6, 6.07) is 4.16. The average Bonchev–Trinajstić information content (AvgIpc) is 3.44. The molecule has 1 aromatic carbocycles. The molecule has 0 radical (unpaired) electrons. The maximum absolute atomic E-state index is 12.1. The van der Waals surface area contributed by atoms with Crippen LogP contribution in [0.15, 0.2) is 12.1 Å². The summed E-state index contributed by atoms with van der Waals surface area (Å²) < 4.78 is 22.3. The van der Waals surface area contributed by atoms with Crippen molar-refractivity contribution in [2.75, 3.05) is 19.8 Å². The molecule has 5 heteroatoms. The third-order valence-corrected chi connectivity index (χ3v) is 4.90. The summed E-state index contributed by atoms with van der Waals surface area (Å²) in [5.41, 5.74) is 3.36. The molecule has 1 aliphatic carbocycles. The summed E-state index contributed by atoms with van der Waals surface area (Å²) in [4.78, 5) is 12.1. The van der Waals surface area contributed by atoms with Gasteiger partial charge in [0.25, 0.3) is 0 Å². The first-order valence-electron chi connectivity index (χ1n) is 8.31. The highest BCUT2D eigenvalue weighted by atomic mass is 16.6. The van der Waals surface area contributed by atoms with Gasteiger partial charge in [-0.05, 0) is 31.9 Å². The molecule has 4 rings (SSSR count). The summed E-state index contributed by atoms with van der Waals surface area (Å²) in [7, 11) is 0. The van der Waals surface area contributed by atoms with Crippen molar-refractivity contribution in [3.05, 3.63) is 28.8 Å². The molecule has 0 bridgehead atoms. The second-order valence-electron chi connectivity index (χ2n) is 6.53. The van der Waals surface area contributed by atoms with Gasteiger partial charge in [-0.3, -0.25) is 4.79 Å². The van der Waals surface area contributed by atoms with Crippen LogP contribution in [0.5, 0.6) is 5.75 Å². The van der Waals surface area contributed by atoms with Crippen LogP contribution >= 0.6 is 0 Å². The molecule has 5 atom stereocenters. The fourth-order valence-corrected chi connectivity index (χ4v) is 3.51. The van der Waals surface area contributed by atoms with Crippen molar-refractivity contribution in [1.29, 1.82) is 0 Å². The largest absolute Gasteiger partial charge is 0.488 e. The van der Waals surface area contributed by atoms with E-state index < -0.39 is 0 Å². The van der Waals surface area contributed by atoms with Crippen molar-refractivity contribution < 1.29 is 23.7 Å². The van der Waals surface area contributed by atoms with Gasteiger partial charge in [-0.2, -0.15) is 0 Å². The molecule has 0 N–H and O–H groups in total. The van der Waals surface area contributed by atoms with E-state index in [2.05, 4.69) is 12.1 Å². The van der Waals surface area contributed by atoms with Crippen LogP contribution in [-0.4, -0.2) is 38.0 Å². The van der Waals surface area contributed by atoms with Gasteiger partial charge in [0.05, 0.1) is 25.9 Å². The molecule has 3 unspecified atom stereocenters. The van der Waals surface area contributed by atoms with Gasteiger partial charge in [0.1, 0.15) is 23.9 Å². The topological polar surface area (TPSA) is 57.3 Å². The highest BCUT2D eigenvalue weighted by Gasteiger charge is 2.64. The van der Waals surface area contributed by atoms with Crippen molar-refractivity contribution >= 4 is 5.97 Å². The number of esters is 1. The summed E-state index contributed by atoms with van der Waals surface area (Å²) in [6.07, 6.45) is 0.135. The highest BCUT2D eigenvalue weighted by molar-refractivity contribution is 5.81. The van der Waals surface area contributed by atoms with Crippen LogP contribution in [0.2, 0.25) is 0 Å². The monoisotopic (exact) mass is 318 g/mol. The van der Waals surface area contributed by atoms with Crippen LogP contribution < -0.4 is 4.74 Å². The van der Waals surface area contributed by atoms with E-state index in [9.17, 15) is 4.79 Å². The van der Waals surface area contributed by atoms with Crippen LogP contribution in [0.25, 0.3) is 0 Å². The Morgan fingerprint density at radius 2 is 2.22 bits per heavy atom. The minimum Gasteiger partial charge on any atom is -0.488 e. The molecule has 2 fully saturated rings. The van der Waals surface area contributed by atoms with Crippen molar-refractivity contribution in [2.24, 2.45) is 5.92 Å². The van der Waals surface area contributed by atoms with E-state index in [0.717, 1.165) is 29.0 Å². The Bertz CT molecular complexity index is 637. The summed E-state index contributed by atoms with van der Waals surface area (Å²) in [6.45, 7) is 7.72. The van der Waals surface area contributed by atoms with Crippen LogP contribution in [-0.2, 0) is 19.0 Å². The van der Waals surface area contributed by atoms with Crippen LogP contribution in [0.4, 0.5) is 0 Å². The molecular weight excluding hydrogens is 296 g/mol. The molecule has 2 aliphatic heterocycles. The number of rotatable bonds is 6. The van der Waals surface area contributed by atoms with Gasteiger partial charge in [-0.25, -0.2) is 0 Å². The predicted molar refractivity (Wildman–Crippen MR) is 82.6 cm³/mol. The Balaban J connectivity index is 1.58. The van der Waals surface area contributed by atoms with Crippen LogP contribution in [0.1, 0.15) is 42.6 Å². The second kappa shape index (κ2) is 5.49. The Labute approximate surface area is 135 Å². The highest BCUT2D eigenvalue weighted by Crippen LogP contribution is 2.61. The molecule has 1 saturated heterocycles. The van der Waals surface area contributed by atoms with E-state index in [1.165, 1.54) is 0 Å². The Morgan fingerprint density at radius 1 is 1.43 bits per heavy atom. The normalized spacial score (nSPS) is 30.9. The fraction of sp³-hybridized carbons (Fsp3) is 0.611. The number of hydrogen-bond donors (Lipinski definition) is 0. The van der Waals surface area contributed by atoms with Gasteiger partial charge in [-0.15, -0.1) is 0 Å². The summed E-state index contributed by atoms with van der Waals surface area (Å²) in [5, 5.41) is 0. The maximum atomic E-state index is 12.1. The zero-order valence-corrected chi connectivity index (χ0v) is 13.7. The lowest BCUT2D eigenvalue weighted by Gasteiger charge is -2.19.